The van der Waals surface area contributed by atoms with Crippen molar-refractivity contribution in [1.82, 2.24) is 20.2 Å². The van der Waals surface area contributed by atoms with Crippen LogP contribution in [0.1, 0.15) is 48.8 Å². The number of rotatable bonds is 6. The molecule has 1 saturated heterocycles. The number of anilines is 2. The molecule has 1 saturated carbocycles. The number of benzene rings is 1. The summed E-state index contributed by atoms with van der Waals surface area (Å²) >= 11 is 0. The Morgan fingerprint density at radius 1 is 1.08 bits per heavy atom. The number of piperidine rings is 1. The number of halogens is 4. The zero-order valence-electron chi connectivity index (χ0n) is 19.9. The van der Waals surface area contributed by atoms with Gasteiger partial charge in [0, 0.05) is 30.4 Å². The van der Waals surface area contributed by atoms with Gasteiger partial charge in [-0.2, -0.15) is 13.2 Å². The number of hydrogen-bond acceptors (Lipinski definition) is 5. The number of aromatic nitrogens is 2. The van der Waals surface area contributed by atoms with Gasteiger partial charge in [-0.25, -0.2) is 0 Å². The van der Waals surface area contributed by atoms with E-state index in [4.69, 9.17) is 0 Å². The molecule has 1 aliphatic carbocycles. The third kappa shape index (κ3) is 5.42. The summed E-state index contributed by atoms with van der Waals surface area (Å²) in [6, 6.07) is 7.90. The van der Waals surface area contributed by atoms with Crippen LogP contribution < -0.4 is 10.6 Å². The summed E-state index contributed by atoms with van der Waals surface area (Å²) in [6.45, 7) is 1.28. The molecule has 1 atom stereocenters. The molecule has 10 heteroatoms. The van der Waals surface area contributed by atoms with E-state index in [1.807, 2.05) is 12.1 Å². The number of pyridine rings is 2. The first kappa shape index (κ1) is 26.2. The van der Waals surface area contributed by atoms with Crippen molar-refractivity contribution in [2.24, 2.45) is 5.92 Å². The molecule has 2 aliphatic rings. The van der Waals surface area contributed by atoms with Gasteiger partial charge in [0.25, 0.3) is 0 Å². The van der Waals surface area contributed by atoms with Crippen molar-refractivity contribution in [2.75, 3.05) is 25.5 Å². The molecule has 36 heavy (non-hydrogen) atoms. The van der Waals surface area contributed by atoms with Crippen molar-refractivity contribution in [2.45, 2.75) is 43.8 Å². The van der Waals surface area contributed by atoms with Crippen molar-refractivity contribution in [3.8, 4) is 0 Å². The number of nitrogens with zero attached hydrogens (tertiary/aromatic N) is 3. The Hall–Kier alpha value is -2.91. The summed E-state index contributed by atoms with van der Waals surface area (Å²) in [6.07, 6.45) is 2.17. The molecular weight excluding hydrogens is 491 g/mol. The normalized spacial score (nSPS) is 17.3. The van der Waals surface area contributed by atoms with Crippen LogP contribution in [-0.4, -0.2) is 47.1 Å². The first-order chi connectivity index (χ1) is 16.8. The lowest BCUT2D eigenvalue weighted by atomic mass is 9.95. The minimum absolute atomic E-state index is 0. The highest BCUT2D eigenvalue weighted by Gasteiger charge is 2.46. The zero-order chi connectivity index (χ0) is 24.6. The second kappa shape index (κ2) is 10.6. The van der Waals surface area contributed by atoms with Crippen molar-refractivity contribution in [3.05, 3.63) is 59.9 Å². The molecule has 2 fully saturated rings. The molecule has 0 radical (unpaired) electrons. The Balaban J connectivity index is 0.00000304. The van der Waals surface area contributed by atoms with E-state index in [0.29, 0.717) is 37.5 Å². The van der Waals surface area contributed by atoms with Gasteiger partial charge >= 0.3 is 6.18 Å². The third-order valence-corrected chi connectivity index (χ3v) is 6.89. The number of alkyl halides is 3. The van der Waals surface area contributed by atoms with Crippen molar-refractivity contribution < 1.29 is 18.0 Å². The molecule has 3 heterocycles. The van der Waals surface area contributed by atoms with Crippen LogP contribution in [0.5, 0.6) is 0 Å². The number of carbonyl (C=O) groups excluding carboxylic acids is 1. The molecule has 2 N–H and O–H groups in total. The highest BCUT2D eigenvalue weighted by molar-refractivity contribution is 5.86. The quantitative estimate of drug-likeness (QED) is 0.435. The van der Waals surface area contributed by atoms with Gasteiger partial charge in [-0.05, 0) is 74.5 Å². The molecule has 1 aliphatic heterocycles. The Morgan fingerprint density at radius 3 is 2.42 bits per heavy atom. The molecule has 5 rings (SSSR count). The van der Waals surface area contributed by atoms with Crippen molar-refractivity contribution in [3.63, 3.8) is 0 Å². The molecule has 3 aromatic rings. The topological polar surface area (TPSA) is 70.2 Å². The summed E-state index contributed by atoms with van der Waals surface area (Å²) in [5.74, 6) is -0.442. The number of hydrogen-bond donors (Lipinski definition) is 2. The zero-order valence-corrected chi connectivity index (χ0v) is 20.7. The molecule has 1 aromatic carbocycles. The molecule has 1 amide bonds. The maximum Gasteiger partial charge on any atom is 0.413 e. The average Bonchev–Trinajstić information content (AvgIpc) is 3.69. The van der Waals surface area contributed by atoms with Crippen LogP contribution in [0.25, 0.3) is 11.0 Å². The fourth-order valence-corrected chi connectivity index (χ4v) is 4.95. The maximum atomic E-state index is 14.1. The molecule has 192 valence electrons. The third-order valence-electron chi connectivity index (χ3n) is 6.89. The van der Waals surface area contributed by atoms with Crippen molar-refractivity contribution in [1.29, 1.82) is 0 Å². The summed E-state index contributed by atoms with van der Waals surface area (Å²) in [5.41, 5.74) is 4.28. The molecule has 0 bridgehead atoms. The van der Waals surface area contributed by atoms with E-state index in [1.54, 1.807) is 24.5 Å². The fraction of sp³-hybridized carbons (Fsp3) is 0.423. The average molecular weight is 520 g/mol. The number of amides is 1. The second-order valence-corrected chi connectivity index (χ2v) is 9.40. The standard InChI is InChI=1S/C26H28F3N5O.ClH/c1-34(25(35)18-10-13-30-14-11-18)24(26(27,28)29)17-6-8-19(9-7-17)33-21-15-32-20-3-2-12-31-23(20)22(21)16-4-5-16;/h2-3,6-9,12,15-16,18,24,30,33H,4-5,10-11,13-14H2,1H3;1H/t24-;/m0./s1. The monoisotopic (exact) mass is 519 g/mol. The SMILES string of the molecule is CN(C(=O)C1CCNCC1)[C@@H](c1ccc(Nc2cnc3cccnc3c2C2CC2)cc1)C(F)(F)F.Cl. The summed E-state index contributed by atoms with van der Waals surface area (Å²) < 4.78 is 42.3. The molecule has 0 unspecified atom stereocenters. The van der Waals surface area contributed by atoms with Gasteiger partial charge in [0.1, 0.15) is 0 Å². The van der Waals surface area contributed by atoms with Crippen LogP contribution in [-0.2, 0) is 4.79 Å². The second-order valence-electron chi connectivity index (χ2n) is 9.40. The van der Waals surface area contributed by atoms with Crippen LogP contribution in [0, 0.1) is 5.92 Å². The van der Waals surface area contributed by atoms with E-state index < -0.39 is 18.1 Å². The Morgan fingerprint density at radius 2 is 1.78 bits per heavy atom. The van der Waals surface area contributed by atoms with Crippen LogP contribution in [0.4, 0.5) is 24.5 Å². The van der Waals surface area contributed by atoms with Gasteiger partial charge in [0.15, 0.2) is 6.04 Å². The fourth-order valence-electron chi connectivity index (χ4n) is 4.95. The smallest absolute Gasteiger partial charge is 0.354 e. The summed E-state index contributed by atoms with van der Waals surface area (Å²) in [5, 5.41) is 6.47. The van der Waals surface area contributed by atoms with Crippen LogP contribution in [0.3, 0.4) is 0 Å². The Kier molecular flexibility index (Phi) is 7.70. The predicted molar refractivity (Wildman–Crippen MR) is 136 cm³/mol. The van der Waals surface area contributed by atoms with Gasteiger partial charge < -0.3 is 15.5 Å². The molecule has 2 aromatic heterocycles. The molecular formula is C26H29ClF3N5O. The van der Waals surface area contributed by atoms with Crippen LogP contribution >= 0.6 is 12.4 Å². The van der Waals surface area contributed by atoms with Gasteiger partial charge in [-0.15, -0.1) is 12.4 Å². The Labute approximate surface area is 214 Å². The van der Waals surface area contributed by atoms with Gasteiger partial charge in [0.2, 0.25) is 5.91 Å². The highest BCUT2D eigenvalue weighted by atomic mass is 35.5. The highest BCUT2D eigenvalue weighted by Crippen LogP contribution is 2.46. The largest absolute Gasteiger partial charge is 0.413 e. The van der Waals surface area contributed by atoms with Gasteiger partial charge in [-0.3, -0.25) is 14.8 Å². The van der Waals surface area contributed by atoms with E-state index in [0.717, 1.165) is 40.0 Å². The maximum absolute atomic E-state index is 14.1. The molecule has 6 nitrogen and oxygen atoms in total. The number of carbonyl (C=O) groups is 1. The minimum Gasteiger partial charge on any atom is -0.354 e. The summed E-state index contributed by atoms with van der Waals surface area (Å²) in [4.78, 5) is 22.7. The van der Waals surface area contributed by atoms with Crippen LogP contribution in [0.15, 0.2) is 48.8 Å². The van der Waals surface area contributed by atoms with E-state index in [9.17, 15) is 18.0 Å². The van der Waals surface area contributed by atoms with E-state index in [2.05, 4.69) is 20.6 Å². The first-order valence-corrected chi connectivity index (χ1v) is 12.0. The number of fused-ring (bicyclic) bond motifs is 1. The summed E-state index contributed by atoms with van der Waals surface area (Å²) in [7, 11) is 1.25. The van der Waals surface area contributed by atoms with Gasteiger partial charge in [-0.1, -0.05) is 12.1 Å². The lowest BCUT2D eigenvalue weighted by molar-refractivity contribution is -0.190. The predicted octanol–water partition coefficient (Wildman–Crippen LogP) is 5.73. The van der Waals surface area contributed by atoms with Crippen LogP contribution in [0.2, 0.25) is 0 Å². The van der Waals surface area contributed by atoms with E-state index in [1.165, 1.54) is 19.2 Å². The number of nitrogens with one attached hydrogen (secondary N) is 2. The van der Waals surface area contributed by atoms with E-state index >= 15 is 0 Å². The lowest BCUT2D eigenvalue weighted by Gasteiger charge is -2.34. The Bertz CT molecular complexity index is 1210. The van der Waals surface area contributed by atoms with Gasteiger partial charge in [0.05, 0.1) is 22.9 Å². The minimum atomic E-state index is -4.58. The van der Waals surface area contributed by atoms with E-state index in [-0.39, 0.29) is 23.9 Å². The van der Waals surface area contributed by atoms with Crippen molar-refractivity contribution >= 4 is 40.7 Å². The first-order valence-electron chi connectivity index (χ1n) is 12.0. The lowest BCUT2D eigenvalue weighted by Crippen LogP contribution is -2.45. The molecule has 0 spiro atoms.